The summed E-state index contributed by atoms with van der Waals surface area (Å²) in [5, 5.41) is 3.28. The summed E-state index contributed by atoms with van der Waals surface area (Å²) >= 11 is 3.38. The van der Waals surface area contributed by atoms with Crippen LogP contribution in [0.1, 0.15) is 30.4 Å². The van der Waals surface area contributed by atoms with Crippen molar-refractivity contribution in [3.63, 3.8) is 0 Å². The van der Waals surface area contributed by atoms with Crippen molar-refractivity contribution in [2.75, 3.05) is 20.2 Å². The Hall–Kier alpha value is -2.41. The van der Waals surface area contributed by atoms with Gasteiger partial charge in [0.1, 0.15) is 5.75 Å². The summed E-state index contributed by atoms with van der Waals surface area (Å²) in [5.41, 5.74) is 1.32. The van der Waals surface area contributed by atoms with Gasteiger partial charge in [0.25, 0.3) is 5.91 Å². The minimum Gasteiger partial charge on any atom is -0.497 e. The Kier molecular flexibility index (Phi) is 5.10. The van der Waals surface area contributed by atoms with Crippen LogP contribution in [0.2, 0.25) is 0 Å². The van der Waals surface area contributed by atoms with E-state index < -0.39 is 5.41 Å². The van der Waals surface area contributed by atoms with Gasteiger partial charge in [-0.1, -0.05) is 12.1 Å². The Bertz CT molecular complexity index is 896. The number of carbonyl (C=O) groups excluding carboxylic acids is 2. The van der Waals surface area contributed by atoms with Crippen molar-refractivity contribution < 1.29 is 14.3 Å². The van der Waals surface area contributed by atoms with Gasteiger partial charge in [-0.2, -0.15) is 0 Å². The Balaban J connectivity index is 1.51. The first-order valence-corrected chi connectivity index (χ1v) is 10.2. The largest absolute Gasteiger partial charge is 0.497 e. The van der Waals surface area contributed by atoms with Crippen molar-refractivity contribution in [1.82, 2.24) is 15.0 Å². The van der Waals surface area contributed by atoms with Crippen LogP contribution in [0.3, 0.4) is 0 Å². The molecule has 0 bridgehead atoms. The Labute approximate surface area is 172 Å². The van der Waals surface area contributed by atoms with Gasteiger partial charge in [-0.3, -0.25) is 24.6 Å². The molecule has 1 aromatic carbocycles. The minimum absolute atomic E-state index is 0.0240. The van der Waals surface area contributed by atoms with Crippen LogP contribution >= 0.6 is 15.9 Å². The Morgan fingerprint density at radius 3 is 2.50 bits per heavy atom. The van der Waals surface area contributed by atoms with E-state index in [0.29, 0.717) is 13.1 Å². The van der Waals surface area contributed by atoms with Gasteiger partial charge in [0.2, 0.25) is 5.91 Å². The molecule has 2 amide bonds. The summed E-state index contributed by atoms with van der Waals surface area (Å²) in [6.07, 6.45) is 6.02. The van der Waals surface area contributed by atoms with Crippen molar-refractivity contribution in [2.24, 2.45) is 0 Å². The molecule has 1 aromatic heterocycles. The maximum Gasteiger partial charge on any atom is 0.251 e. The molecule has 146 valence electrons. The number of hydrogen-bond donors (Lipinski definition) is 0. The van der Waals surface area contributed by atoms with E-state index in [9.17, 15) is 9.59 Å². The standard InChI is InChI=1S/C21H22BrN3O3/c1-28-18-5-3-16(4-6-18)21(7-8-21)20(27)25-10-2-9-24(25)19(26)12-15-11-17(22)14-23-13-15/h3-6,11,13-14H,2,7-10,12H2,1H3. The molecule has 1 aliphatic carbocycles. The number of benzene rings is 1. The number of amides is 2. The van der Waals surface area contributed by atoms with Crippen molar-refractivity contribution in [2.45, 2.75) is 31.1 Å². The Morgan fingerprint density at radius 1 is 1.14 bits per heavy atom. The topological polar surface area (TPSA) is 62.7 Å². The average molecular weight is 444 g/mol. The monoisotopic (exact) mass is 443 g/mol. The highest BCUT2D eigenvalue weighted by Crippen LogP contribution is 2.50. The predicted molar refractivity (Wildman–Crippen MR) is 108 cm³/mol. The molecule has 0 N–H and O–H groups in total. The van der Waals surface area contributed by atoms with E-state index >= 15 is 0 Å². The van der Waals surface area contributed by atoms with Crippen LogP contribution in [0.15, 0.2) is 47.2 Å². The summed E-state index contributed by atoms with van der Waals surface area (Å²) in [6, 6.07) is 9.57. The zero-order chi connectivity index (χ0) is 19.7. The number of hydrogen-bond acceptors (Lipinski definition) is 4. The number of ether oxygens (including phenoxy) is 1. The number of pyridine rings is 1. The van der Waals surface area contributed by atoms with Crippen molar-refractivity contribution in [3.05, 3.63) is 58.3 Å². The molecule has 1 saturated carbocycles. The van der Waals surface area contributed by atoms with E-state index in [1.807, 2.05) is 30.3 Å². The molecule has 4 rings (SSSR count). The molecule has 0 radical (unpaired) electrons. The number of halogens is 1. The zero-order valence-corrected chi connectivity index (χ0v) is 17.3. The molecular weight excluding hydrogens is 422 g/mol. The SMILES string of the molecule is COc1ccc(C2(C(=O)N3CCCN3C(=O)Cc3cncc(Br)c3)CC2)cc1. The fourth-order valence-electron chi connectivity index (χ4n) is 3.81. The minimum atomic E-state index is -0.507. The summed E-state index contributed by atoms with van der Waals surface area (Å²) in [7, 11) is 1.63. The highest BCUT2D eigenvalue weighted by Gasteiger charge is 2.54. The van der Waals surface area contributed by atoms with E-state index in [4.69, 9.17) is 4.74 Å². The van der Waals surface area contributed by atoms with Crippen LogP contribution in [0.4, 0.5) is 0 Å². The third-order valence-electron chi connectivity index (χ3n) is 5.47. The lowest BCUT2D eigenvalue weighted by atomic mass is 9.94. The number of carbonyl (C=O) groups is 2. The average Bonchev–Trinajstić information content (AvgIpc) is 3.36. The summed E-state index contributed by atoms with van der Waals surface area (Å²) in [5.74, 6) is 0.722. The van der Waals surface area contributed by atoms with Crippen LogP contribution in [0, 0.1) is 0 Å². The normalized spacial score (nSPS) is 17.5. The molecule has 0 atom stereocenters. The predicted octanol–water partition coefficient (Wildman–Crippen LogP) is 3.10. The molecule has 1 saturated heterocycles. The molecule has 0 unspecified atom stereocenters. The first-order chi connectivity index (χ1) is 13.5. The first kappa shape index (κ1) is 18.9. The highest BCUT2D eigenvalue weighted by molar-refractivity contribution is 9.10. The fraction of sp³-hybridized carbons (Fsp3) is 0.381. The number of hydrazine groups is 1. The number of rotatable bonds is 5. The fourth-order valence-corrected chi connectivity index (χ4v) is 4.22. The molecular formula is C21H22BrN3O3. The van der Waals surface area contributed by atoms with Gasteiger partial charge in [0.15, 0.2) is 0 Å². The second kappa shape index (κ2) is 7.54. The third-order valence-corrected chi connectivity index (χ3v) is 5.91. The second-order valence-corrected chi connectivity index (χ2v) is 8.21. The lowest BCUT2D eigenvalue weighted by Crippen LogP contribution is -2.49. The van der Waals surface area contributed by atoms with E-state index in [1.54, 1.807) is 29.5 Å². The number of aromatic nitrogens is 1. The van der Waals surface area contributed by atoms with Crippen molar-refractivity contribution in [3.8, 4) is 5.75 Å². The molecule has 1 aliphatic heterocycles. The summed E-state index contributed by atoms with van der Waals surface area (Å²) in [6.45, 7) is 1.16. The van der Waals surface area contributed by atoms with E-state index in [0.717, 1.165) is 40.6 Å². The van der Waals surface area contributed by atoms with Crippen molar-refractivity contribution >= 4 is 27.7 Å². The summed E-state index contributed by atoms with van der Waals surface area (Å²) < 4.78 is 6.06. The molecule has 2 fully saturated rings. The number of nitrogens with zero attached hydrogens (tertiary/aromatic N) is 3. The van der Waals surface area contributed by atoms with Gasteiger partial charge >= 0.3 is 0 Å². The first-order valence-electron chi connectivity index (χ1n) is 9.40. The second-order valence-electron chi connectivity index (χ2n) is 7.30. The lowest BCUT2D eigenvalue weighted by molar-refractivity contribution is -0.159. The van der Waals surface area contributed by atoms with Gasteiger partial charge in [-0.05, 0) is 64.5 Å². The van der Waals surface area contributed by atoms with Crippen LogP contribution in [-0.4, -0.2) is 47.0 Å². The molecule has 28 heavy (non-hydrogen) atoms. The van der Waals surface area contributed by atoms with E-state index in [2.05, 4.69) is 20.9 Å². The molecule has 2 aromatic rings. The van der Waals surface area contributed by atoms with Crippen LogP contribution < -0.4 is 4.74 Å². The van der Waals surface area contributed by atoms with Gasteiger partial charge in [0.05, 0.1) is 18.9 Å². The Morgan fingerprint density at radius 2 is 1.86 bits per heavy atom. The zero-order valence-electron chi connectivity index (χ0n) is 15.7. The van der Waals surface area contributed by atoms with Crippen LogP contribution in [-0.2, 0) is 21.4 Å². The van der Waals surface area contributed by atoms with Gasteiger partial charge in [-0.15, -0.1) is 0 Å². The van der Waals surface area contributed by atoms with E-state index in [1.165, 1.54) is 0 Å². The smallest absolute Gasteiger partial charge is 0.251 e. The summed E-state index contributed by atoms with van der Waals surface area (Å²) in [4.78, 5) is 30.4. The lowest BCUT2D eigenvalue weighted by Gasteiger charge is -2.31. The molecule has 6 nitrogen and oxygen atoms in total. The maximum atomic E-state index is 13.4. The highest BCUT2D eigenvalue weighted by atomic mass is 79.9. The maximum absolute atomic E-state index is 13.4. The molecule has 2 aliphatic rings. The van der Waals surface area contributed by atoms with Gasteiger partial charge in [-0.25, -0.2) is 0 Å². The molecule has 7 heteroatoms. The van der Waals surface area contributed by atoms with Gasteiger partial charge in [0, 0.05) is 30.0 Å². The van der Waals surface area contributed by atoms with E-state index in [-0.39, 0.29) is 18.2 Å². The third kappa shape index (κ3) is 3.51. The van der Waals surface area contributed by atoms with Gasteiger partial charge < -0.3 is 4.74 Å². The molecule has 0 spiro atoms. The van der Waals surface area contributed by atoms with Crippen LogP contribution in [0.5, 0.6) is 5.75 Å². The van der Waals surface area contributed by atoms with Crippen LogP contribution in [0.25, 0.3) is 0 Å². The van der Waals surface area contributed by atoms with Crippen molar-refractivity contribution in [1.29, 1.82) is 0 Å². The quantitative estimate of drug-likeness (QED) is 0.711. The molecule has 2 heterocycles. The number of methoxy groups -OCH3 is 1.